The molecule has 1 aromatic carbocycles. The molecule has 1 N–H and O–H groups in total. The first-order valence-corrected chi connectivity index (χ1v) is 9.95. The van der Waals surface area contributed by atoms with Crippen LogP contribution in [0.1, 0.15) is 58.9 Å². The summed E-state index contributed by atoms with van der Waals surface area (Å²) in [4.78, 5) is 0.304. The summed E-state index contributed by atoms with van der Waals surface area (Å²) in [7, 11) is -3.54. The molecule has 0 aromatic heterocycles. The minimum atomic E-state index is -3.54. The van der Waals surface area contributed by atoms with E-state index in [-0.39, 0.29) is 18.6 Å². The minimum absolute atomic E-state index is 0.0359. The Kier molecular flexibility index (Phi) is 7.71. The Morgan fingerprint density at radius 1 is 1.04 bits per heavy atom. The van der Waals surface area contributed by atoms with Crippen molar-refractivity contribution in [3.63, 3.8) is 0 Å². The maximum absolute atomic E-state index is 12.8. The van der Waals surface area contributed by atoms with Gasteiger partial charge in [0.25, 0.3) is 0 Å². The molecular weight excluding hydrogens is 310 g/mol. The molecule has 0 radical (unpaired) electrons. The van der Waals surface area contributed by atoms with Gasteiger partial charge in [0.05, 0.1) is 11.5 Å². The Bertz CT molecular complexity index is 564. The summed E-state index contributed by atoms with van der Waals surface area (Å²) in [6.45, 7) is 8.96. The van der Waals surface area contributed by atoms with Gasteiger partial charge in [-0.15, -0.1) is 0 Å². The zero-order chi connectivity index (χ0) is 17.5. The fourth-order valence-corrected chi connectivity index (χ4v) is 3.90. The Labute approximate surface area is 141 Å². The predicted octanol–water partition coefficient (Wildman–Crippen LogP) is 3.55. The van der Waals surface area contributed by atoms with Gasteiger partial charge in [0.1, 0.15) is 0 Å². The number of benzene rings is 1. The zero-order valence-corrected chi connectivity index (χ0v) is 15.7. The van der Waals surface area contributed by atoms with Crippen molar-refractivity contribution >= 4 is 10.0 Å². The molecule has 0 aliphatic heterocycles. The lowest BCUT2D eigenvalue weighted by atomic mass is 9.82. The average molecular weight is 342 g/mol. The molecule has 0 bridgehead atoms. The summed E-state index contributed by atoms with van der Waals surface area (Å²) in [6.07, 6.45) is 3.83. The summed E-state index contributed by atoms with van der Waals surface area (Å²) in [5, 5.41) is 9.18. The molecule has 0 saturated heterocycles. The first-order valence-electron chi connectivity index (χ1n) is 8.51. The normalized spacial score (nSPS) is 12.8. The molecule has 5 heteroatoms. The van der Waals surface area contributed by atoms with E-state index in [9.17, 15) is 13.5 Å². The van der Waals surface area contributed by atoms with Gasteiger partial charge >= 0.3 is 0 Å². The summed E-state index contributed by atoms with van der Waals surface area (Å²) >= 11 is 0. The highest BCUT2D eigenvalue weighted by atomic mass is 32.2. The lowest BCUT2D eigenvalue weighted by molar-refractivity contribution is 0.252. The van der Waals surface area contributed by atoms with Gasteiger partial charge in [-0.25, -0.2) is 8.42 Å². The van der Waals surface area contributed by atoms with E-state index in [4.69, 9.17) is 0 Å². The molecule has 1 aromatic rings. The largest absolute Gasteiger partial charge is 0.395 e. The van der Waals surface area contributed by atoms with Crippen LogP contribution in [0, 0.1) is 0 Å². The standard InChI is InChI=1S/C18H31NO3S/c1-5-7-8-13-19(14-15-20)23(21,22)17-11-9-16(10-12-17)18(3,4)6-2/h9-12,20H,5-8,13-15H2,1-4H3. The van der Waals surface area contributed by atoms with Crippen LogP contribution >= 0.6 is 0 Å². The van der Waals surface area contributed by atoms with Crippen molar-refractivity contribution < 1.29 is 13.5 Å². The van der Waals surface area contributed by atoms with E-state index in [2.05, 4.69) is 27.7 Å². The second kappa shape index (κ2) is 8.81. The second-order valence-electron chi connectivity index (χ2n) is 6.60. The molecule has 132 valence electrons. The van der Waals surface area contributed by atoms with Crippen LogP contribution in [0.4, 0.5) is 0 Å². The van der Waals surface area contributed by atoms with Crippen LogP contribution in [0.3, 0.4) is 0 Å². The number of sulfonamides is 1. The van der Waals surface area contributed by atoms with Crippen molar-refractivity contribution in [2.24, 2.45) is 0 Å². The van der Waals surface area contributed by atoms with E-state index < -0.39 is 10.0 Å². The number of rotatable bonds is 10. The van der Waals surface area contributed by atoms with E-state index in [1.807, 2.05) is 12.1 Å². The fraction of sp³-hybridized carbons (Fsp3) is 0.667. The van der Waals surface area contributed by atoms with Crippen LogP contribution < -0.4 is 0 Å². The molecular formula is C18H31NO3S. The quantitative estimate of drug-likeness (QED) is 0.662. The number of nitrogens with zero attached hydrogens (tertiary/aromatic N) is 1. The molecule has 0 atom stereocenters. The molecule has 1 rings (SSSR count). The molecule has 0 amide bonds. The highest BCUT2D eigenvalue weighted by Gasteiger charge is 2.25. The molecule has 0 saturated carbocycles. The lowest BCUT2D eigenvalue weighted by Gasteiger charge is -2.25. The molecule has 23 heavy (non-hydrogen) atoms. The molecule has 4 nitrogen and oxygen atoms in total. The predicted molar refractivity (Wildman–Crippen MR) is 95.1 cm³/mol. The number of hydrogen-bond acceptors (Lipinski definition) is 3. The van der Waals surface area contributed by atoms with Crippen molar-refractivity contribution in [2.45, 2.75) is 63.7 Å². The van der Waals surface area contributed by atoms with Crippen molar-refractivity contribution in [1.29, 1.82) is 0 Å². The third-order valence-corrected chi connectivity index (χ3v) is 6.43. The number of unbranched alkanes of at least 4 members (excludes halogenated alkanes) is 2. The number of aliphatic hydroxyl groups is 1. The van der Waals surface area contributed by atoms with Crippen LogP contribution in [0.25, 0.3) is 0 Å². The monoisotopic (exact) mass is 341 g/mol. The van der Waals surface area contributed by atoms with Crippen molar-refractivity contribution in [1.82, 2.24) is 4.31 Å². The Hall–Kier alpha value is -0.910. The van der Waals surface area contributed by atoms with Gasteiger partial charge in [-0.2, -0.15) is 4.31 Å². The maximum Gasteiger partial charge on any atom is 0.243 e. The third-order valence-electron chi connectivity index (χ3n) is 4.52. The molecule has 0 aliphatic rings. The average Bonchev–Trinajstić information content (AvgIpc) is 2.54. The van der Waals surface area contributed by atoms with Crippen LogP contribution in [0.2, 0.25) is 0 Å². The second-order valence-corrected chi connectivity index (χ2v) is 8.53. The highest BCUT2D eigenvalue weighted by molar-refractivity contribution is 7.89. The van der Waals surface area contributed by atoms with Crippen molar-refractivity contribution in [3.8, 4) is 0 Å². The highest BCUT2D eigenvalue weighted by Crippen LogP contribution is 2.28. The van der Waals surface area contributed by atoms with Gasteiger partial charge in [0.2, 0.25) is 10.0 Å². The van der Waals surface area contributed by atoms with E-state index in [1.165, 1.54) is 4.31 Å². The lowest BCUT2D eigenvalue weighted by Crippen LogP contribution is -2.34. The van der Waals surface area contributed by atoms with Gasteiger partial charge in [-0.3, -0.25) is 0 Å². The first-order chi connectivity index (χ1) is 10.8. The van der Waals surface area contributed by atoms with Crippen LogP contribution in [0.15, 0.2) is 29.2 Å². The van der Waals surface area contributed by atoms with E-state index in [1.54, 1.807) is 12.1 Å². The molecule has 0 unspecified atom stereocenters. The maximum atomic E-state index is 12.8. The van der Waals surface area contributed by atoms with Gasteiger partial charge in [-0.1, -0.05) is 52.7 Å². The Balaban J connectivity index is 3.00. The topological polar surface area (TPSA) is 57.6 Å². The van der Waals surface area contributed by atoms with E-state index in [0.717, 1.165) is 31.2 Å². The SMILES string of the molecule is CCCCCN(CCO)S(=O)(=O)c1ccc(C(C)(C)CC)cc1. The van der Waals surface area contributed by atoms with Crippen LogP contribution in [-0.2, 0) is 15.4 Å². The molecule has 0 spiro atoms. The van der Waals surface area contributed by atoms with Gasteiger partial charge < -0.3 is 5.11 Å². The first kappa shape index (κ1) is 20.1. The van der Waals surface area contributed by atoms with E-state index >= 15 is 0 Å². The summed E-state index contributed by atoms with van der Waals surface area (Å²) in [6, 6.07) is 7.18. The zero-order valence-electron chi connectivity index (χ0n) is 14.9. The molecule has 0 aliphatic carbocycles. The molecule has 0 fully saturated rings. The van der Waals surface area contributed by atoms with Crippen molar-refractivity contribution in [3.05, 3.63) is 29.8 Å². The smallest absolute Gasteiger partial charge is 0.243 e. The van der Waals surface area contributed by atoms with E-state index in [0.29, 0.717) is 11.4 Å². The summed E-state index contributed by atoms with van der Waals surface area (Å²) in [5.74, 6) is 0. The molecule has 0 heterocycles. The van der Waals surface area contributed by atoms with Gasteiger partial charge in [0.15, 0.2) is 0 Å². The number of hydrogen-bond donors (Lipinski definition) is 1. The Morgan fingerprint density at radius 3 is 2.13 bits per heavy atom. The van der Waals surface area contributed by atoms with Gasteiger partial charge in [-0.05, 0) is 36.0 Å². The fourth-order valence-electron chi connectivity index (χ4n) is 2.43. The summed E-state index contributed by atoms with van der Waals surface area (Å²) < 4.78 is 26.9. The van der Waals surface area contributed by atoms with Crippen molar-refractivity contribution in [2.75, 3.05) is 19.7 Å². The Morgan fingerprint density at radius 2 is 1.65 bits per heavy atom. The van der Waals surface area contributed by atoms with Crippen LogP contribution in [-0.4, -0.2) is 37.5 Å². The van der Waals surface area contributed by atoms with Gasteiger partial charge in [0, 0.05) is 13.1 Å². The van der Waals surface area contributed by atoms with Crippen LogP contribution in [0.5, 0.6) is 0 Å². The number of aliphatic hydroxyl groups excluding tert-OH is 1. The minimum Gasteiger partial charge on any atom is -0.395 e. The summed E-state index contributed by atoms with van der Waals surface area (Å²) in [5.41, 5.74) is 1.17. The third kappa shape index (κ3) is 5.30.